The van der Waals surface area contributed by atoms with Crippen LogP contribution in [-0.4, -0.2) is 59.9 Å². The van der Waals surface area contributed by atoms with Gasteiger partial charge in [-0.2, -0.15) is 5.10 Å². The third-order valence-corrected chi connectivity index (χ3v) is 7.16. The molecule has 33 heavy (non-hydrogen) atoms. The summed E-state index contributed by atoms with van der Waals surface area (Å²) in [7, 11) is 0. The average molecular weight is 474 g/mol. The largest absolute Gasteiger partial charge is 0.456 e. The molecule has 2 aromatic rings. The highest BCUT2D eigenvalue weighted by atomic mass is 32.2. The van der Waals surface area contributed by atoms with E-state index in [1.807, 2.05) is 6.92 Å². The topological polar surface area (TPSA) is 152 Å². The molecule has 1 aromatic heterocycles. The third-order valence-electron chi connectivity index (χ3n) is 5.88. The first-order chi connectivity index (χ1) is 15.8. The van der Waals surface area contributed by atoms with Crippen LogP contribution in [0.3, 0.4) is 0 Å². The number of aromatic amines is 1. The molecule has 1 saturated heterocycles. The number of non-ortho nitro benzene ring substituents is 1. The van der Waals surface area contributed by atoms with Gasteiger partial charge in [-0.1, -0.05) is 6.92 Å². The van der Waals surface area contributed by atoms with Gasteiger partial charge in [0.2, 0.25) is 5.91 Å². The van der Waals surface area contributed by atoms with Crippen molar-refractivity contribution < 1.29 is 24.4 Å². The highest BCUT2D eigenvalue weighted by molar-refractivity contribution is 8.03. The first kappa shape index (κ1) is 22.9. The van der Waals surface area contributed by atoms with Crippen molar-refractivity contribution in [3.8, 4) is 0 Å². The molecular formula is C21H23N5O6S. The van der Waals surface area contributed by atoms with Gasteiger partial charge in [-0.15, -0.1) is 11.8 Å². The molecule has 12 heteroatoms. The molecule has 0 bridgehead atoms. The molecule has 0 spiro atoms. The molecule has 2 aliphatic rings. The summed E-state index contributed by atoms with van der Waals surface area (Å²) in [5, 5.41) is 27.5. The monoisotopic (exact) mass is 473 g/mol. The lowest BCUT2D eigenvalue weighted by atomic mass is 9.79. The van der Waals surface area contributed by atoms with E-state index in [0.29, 0.717) is 17.7 Å². The van der Waals surface area contributed by atoms with Crippen LogP contribution in [0.25, 0.3) is 0 Å². The van der Waals surface area contributed by atoms with Crippen LogP contribution < -0.4 is 0 Å². The van der Waals surface area contributed by atoms with Crippen LogP contribution in [0, 0.1) is 22.0 Å². The van der Waals surface area contributed by atoms with Crippen molar-refractivity contribution in [1.82, 2.24) is 20.1 Å². The molecular weight excluding hydrogens is 450 g/mol. The van der Waals surface area contributed by atoms with Gasteiger partial charge in [0.1, 0.15) is 24.5 Å². The number of benzene rings is 1. The van der Waals surface area contributed by atoms with Crippen molar-refractivity contribution in [3.05, 3.63) is 62.7 Å². The zero-order valence-electron chi connectivity index (χ0n) is 18.0. The van der Waals surface area contributed by atoms with Crippen molar-refractivity contribution >= 4 is 29.3 Å². The van der Waals surface area contributed by atoms with Gasteiger partial charge in [0.25, 0.3) is 5.69 Å². The number of hydrogen-bond acceptors (Lipinski definition) is 9. The molecule has 0 saturated carbocycles. The van der Waals surface area contributed by atoms with E-state index in [2.05, 4.69) is 15.2 Å². The first-order valence-corrected chi connectivity index (χ1v) is 11.4. The summed E-state index contributed by atoms with van der Waals surface area (Å²) in [6.07, 6.45) is 1.21. The number of amides is 1. The minimum Gasteiger partial charge on any atom is -0.456 e. The second-order valence-corrected chi connectivity index (χ2v) is 9.13. The Morgan fingerprint density at radius 1 is 1.39 bits per heavy atom. The maximum absolute atomic E-state index is 13.1. The van der Waals surface area contributed by atoms with Crippen LogP contribution in [0.1, 0.15) is 25.2 Å². The fourth-order valence-electron chi connectivity index (χ4n) is 4.25. The molecule has 3 heterocycles. The minimum absolute atomic E-state index is 0.0546. The highest BCUT2D eigenvalue weighted by Gasteiger charge is 2.60. The van der Waals surface area contributed by atoms with Crippen molar-refractivity contribution in [1.29, 1.82) is 0 Å². The Hall–Kier alpha value is -3.25. The molecule has 0 radical (unpaired) electrons. The van der Waals surface area contributed by atoms with Gasteiger partial charge < -0.3 is 14.7 Å². The number of nitro groups is 1. The van der Waals surface area contributed by atoms with E-state index >= 15 is 0 Å². The standard InChI is InChI=1S/C21H23N5O6S/c1-11-17-16(12(2)27)20(28)25(17)18(19(11)33-8-7-15-22-10-23-24-15)21(29)32-9-13-3-5-14(6-4-13)26(30)31/h3-6,10-12,16-17,27H,7-9H2,1-2H3,(H,22,23,24)/t11-,12-,16-,17-/m1/s1. The van der Waals surface area contributed by atoms with Gasteiger partial charge in [-0.25, -0.2) is 9.78 Å². The van der Waals surface area contributed by atoms with Crippen molar-refractivity contribution in [3.63, 3.8) is 0 Å². The Morgan fingerprint density at radius 2 is 2.12 bits per heavy atom. The molecule has 11 nitrogen and oxygen atoms in total. The minimum atomic E-state index is -0.822. The fraction of sp³-hybridized carbons (Fsp3) is 0.429. The van der Waals surface area contributed by atoms with E-state index < -0.39 is 22.9 Å². The van der Waals surface area contributed by atoms with Crippen LogP contribution in [-0.2, 0) is 27.4 Å². The summed E-state index contributed by atoms with van der Waals surface area (Å²) >= 11 is 1.46. The normalized spacial score (nSPS) is 22.7. The highest BCUT2D eigenvalue weighted by Crippen LogP contribution is 2.50. The van der Waals surface area contributed by atoms with Gasteiger partial charge >= 0.3 is 5.97 Å². The Morgan fingerprint density at radius 3 is 2.73 bits per heavy atom. The summed E-state index contributed by atoms with van der Waals surface area (Å²) < 4.78 is 5.47. The number of H-pyrrole nitrogens is 1. The van der Waals surface area contributed by atoms with E-state index in [1.165, 1.54) is 47.3 Å². The molecule has 0 unspecified atom stereocenters. The Bertz CT molecular complexity index is 1090. The van der Waals surface area contributed by atoms with Gasteiger partial charge in [-0.3, -0.25) is 20.0 Å². The number of carbonyl (C=O) groups is 2. The summed E-state index contributed by atoms with van der Waals surface area (Å²) in [6, 6.07) is 5.42. The summed E-state index contributed by atoms with van der Waals surface area (Å²) in [6.45, 7) is 3.43. The Balaban J connectivity index is 1.51. The van der Waals surface area contributed by atoms with Crippen LogP contribution in [0.4, 0.5) is 5.69 Å². The summed E-state index contributed by atoms with van der Waals surface area (Å²) in [5.41, 5.74) is 0.744. The van der Waals surface area contributed by atoms with Crippen LogP contribution >= 0.6 is 11.8 Å². The number of aryl methyl sites for hydroxylation is 1. The third kappa shape index (κ3) is 4.35. The van der Waals surface area contributed by atoms with Gasteiger partial charge in [0, 0.05) is 35.1 Å². The molecule has 2 N–H and O–H groups in total. The fourth-order valence-corrected chi connectivity index (χ4v) is 5.48. The van der Waals surface area contributed by atoms with Crippen LogP contribution in [0.5, 0.6) is 0 Å². The van der Waals surface area contributed by atoms with E-state index in [1.54, 1.807) is 6.92 Å². The number of nitro benzene ring substituents is 1. The number of aliphatic hydroxyl groups excluding tert-OH is 1. The van der Waals surface area contributed by atoms with Crippen molar-refractivity contribution in [2.24, 2.45) is 11.8 Å². The van der Waals surface area contributed by atoms with Gasteiger partial charge in [0.15, 0.2) is 0 Å². The van der Waals surface area contributed by atoms with Gasteiger partial charge in [-0.05, 0) is 24.6 Å². The van der Waals surface area contributed by atoms with Crippen LogP contribution in [0.15, 0.2) is 41.2 Å². The summed E-state index contributed by atoms with van der Waals surface area (Å²) in [4.78, 5) is 42.4. The molecule has 1 amide bonds. The zero-order chi connectivity index (χ0) is 23.7. The lowest BCUT2D eigenvalue weighted by molar-refractivity contribution is -0.384. The Labute approximate surface area is 193 Å². The van der Waals surface area contributed by atoms with Crippen LogP contribution in [0.2, 0.25) is 0 Å². The lowest BCUT2D eigenvalue weighted by Crippen LogP contribution is -2.63. The lowest BCUT2D eigenvalue weighted by Gasteiger charge is -2.46. The number of nitrogens with one attached hydrogen (secondary N) is 1. The molecule has 174 valence electrons. The second kappa shape index (κ2) is 9.32. The number of rotatable bonds is 9. The molecule has 1 fully saturated rings. The average Bonchev–Trinajstić information content (AvgIpc) is 3.37. The number of β-lactam (4-membered cyclic amide) rings is 1. The SMILES string of the molecule is C[C@@H](O)[C@H]1C(=O)N2C(C(=O)OCc3ccc([N+](=O)[O-])cc3)=C(SCCc3ncn[nH]3)[C@H](C)[C@H]12. The number of aromatic nitrogens is 3. The number of hydrogen-bond donors (Lipinski definition) is 2. The smallest absolute Gasteiger partial charge is 0.356 e. The number of esters is 1. The maximum Gasteiger partial charge on any atom is 0.356 e. The second-order valence-electron chi connectivity index (χ2n) is 8.00. The van der Waals surface area contributed by atoms with E-state index in [-0.39, 0.29) is 35.9 Å². The molecule has 4 rings (SSSR count). The Kier molecular flexibility index (Phi) is 6.47. The maximum atomic E-state index is 13.1. The van der Waals surface area contributed by atoms with E-state index in [0.717, 1.165) is 10.7 Å². The van der Waals surface area contributed by atoms with Crippen molar-refractivity contribution in [2.75, 3.05) is 5.75 Å². The first-order valence-electron chi connectivity index (χ1n) is 10.4. The van der Waals surface area contributed by atoms with E-state index in [9.17, 15) is 24.8 Å². The molecule has 1 aromatic carbocycles. The number of thioether (sulfide) groups is 1. The summed E-state index contributed by atoms with van der Waals surface area (Å²) in [5.74, 6) is -0.300. The number of nitrogens with zero attached hydrogens (tertiary/aromatic N) is 4. The number of aliphatic hydroxyl groups is 1. The molecule has 2 aliphatic heterocycles. The predicted octanol–water partition coefficient (Wildman–Crippen LogP) is 1.80. The zero-order valence-corrected chi connectivity index (χ0v) is 18.8. The predicted molar refractivity (Wildman–Crippen MR) is 117 cm³/mol. The van der Waals surface area contributed by atoms with Gasteiger partial charge in [0.05, 0.1) is 23.0 Å². The van der Waals surface area contributed by atoms with Crippen molar-refractivity contribution in [2.45, 2.75) is 39.0 Å². The van der Waals surface area contributed by atoms with E-state index in [4.69, 9.17) is 4.74 Å². The number of fused-ring (bicyclic) bond motifs is 1. The molecule has 0 aliphatic carbocycles. The quantitative estimate of drug-likeness (QED) is 0.240. The number of ether oxygens (including phenoxy) is 1. The number of carbonyl (C=O) groups excluding carboxylic acids is 2. The molecule has 4 atom stereocenters.